The average molecular weight is 673 g/mol. The molecule has 1 aromatic carbocycles. The molecule has 1 atom stereocenters. The molecule has 0 spiro atoms. The zero-order valence-electron chi connectivity index (χ0n) is 28.0. The van der Waals surface area contributed by atoms with Gasteiger partial charge in [0.05, 0.1) is 38.4 Å². The van der Waals surface area contributed by atoms with Crippen molar-refractivity contribution in [2.75, 3.05) is 27.3 Å². The fraction of sp³-hybridized carbons (Fsp3) is 0.400. The number of ketones is 2. The number of amides is 2. The number of fused-ring (bicyclic) bond motifs is 1. The minimum absolute atomic E-state index is 0.132. The van der Waals surface area contributed by atoms with Crippen molar-refractivity contribution < 1.29 is 28.7 Å². The van der Waals surface area contributed by atoms with Gasteiger partial charge >= 0.3 is 0 Å². The summed E-state index contributed by atoms with van der Waals surface area (Å²) in [4.78, 5) is 74.2. The standard InChI is InChI=1S/C35H40N6O8/c1-39-20-26(25-18-38-40(2)33(25)35(39)47)22-15-29(48-3)24(30(16-22)49-4)7-5-8-31(44)36-13-6-14-37-34(46)21-9-12-32(45)41(19-21)27-11-10-23(42)17-28(27)43/h9,12,15-16,18-20,27H,5-8,10-11,13-14,17H2,1-4H3,(H,36,44)(H,37,46). The van der Waals surface area contributed by atoms with Gasteiger partial charge in [0.25, 0.3) is 17.0 Å². The number of carbonyl (C=O) groups is 4. The van der Waals surface area contributed by atoms with Crippen molar-refractivity contribution in [1.82, 2.24) is 29.5 Å². The molecule has 1 aliphatic carbocycles. The van der Waals surface area contributed by atoms with Gasteiger partial charge in [-0.1, -0.05) is 0 Å². The third-order valence-corrected chi connectivity index (χ3v) is 8.76. The molecule has 14 nitrogen and oxygen atoms in total. The highest BCUT2D eigenvalue weighted by Crippen LogP contribution is 2.38. The number of hydrogen-bond donors (Lipinski definition) is 2. The minimum Gasteiger partial charge on any atom is -0.496 e. The number of methoxy groups -OCH3 is 2. The Kier molecular flexibility index (Phi) is 10.7. The number of rotatable bonds is 13. The molecule has 0 bridgehead atoms. The predicted octanol–water partition coefficient (Wildman–Crippen LogP) is 2.24. The predicted molar refractivity (Wildman–Crippen MR) is 181 cm³/mol. The van der Waals surface area contributed by atoms with Crippen molar-refractivity contribution in [1.29, 1.82) is 0 Å². The van der Waals surface area contributed by atoms with E-state index in [1.165, 1.54) is 27.5 Å². The first-order valence-electron chi connectivity index (χ1n) is 16.1. The second-order valence-electron chi connectivity index (χ2n) is 12.1. The molecule has 14 heteroatoms. The molecular weight excluding hydrogens is 632 g/mol. The quantitative estimate of drug-likeness (QED) is 0.160. The summed E-state index contributed by atoms with van der Waals surface area (Å²) in [6.07, 6.45) is 6.86. The lowest BCUT2D eigenvalue weighted by molar-refractivity contribution is -0.132. The molecule has 258 valence electrons. The summed E-state index contributed by atoms with van der Waals surface area (Å²) in [5, 5.41) is 10.6. The second-order valence-corrected chi connectivity index (χ2v) is 12.1. The SMILES string of the molecule is COc1cc(-c2cn(C)c(=O)c3c2cnn3C)cc(OC)c1CCCC(=O)NCCCNC(=O)c1ccc(=O)n(C2CCC(=O)CC2=O)c1. The lowest BCUT2D eigenvalue weighted by Crippen LogP contribution is -2.35. The van der Waals surface area contributed by atoms with Gasteiger partial charge in [-0.15, -0.1) is 0 Å². The minimum atomic E-state index is -0.750. The van der Waals surface area contributed by atoms with Crippen molar-refractivity contribution in [2.24, 2.45) is 14.1 Å². The van der Waals surface area contributed by atoms with Crippen LogP contribution in [-0.2, 0) is 34.9 Å². The molecule has 0 saturated heterocycles. The second kappa shape index (κ2) is 15.1. The number of aromatic nitrogens is 4. The van der Waals surface area contributed by atoms with Crippen LogP contribution in [0, 0.1) is 0 Å². The summed E-state index contributed by atoms with van der Waals surface area (Å²) in [5.41, 5.74) is 2.60. The van der Waals surface area contributed by atoms with Crippen LogP contribution in [0.4, 0.5) is 0 Å². The number of aryl methyl sites for hydroxylation is 2. The lowest BCUT2D eigenvalue weighted by atomic mass is 9.92. The van der Waals surface area contributed by atoms with Crippen molar-refractivity contribution in [3.05, 3.63) is 74.7 Å². The monoisotopic (exact) mass is 672 g/mol. The molecular formula is C35H40N6O8. The van der Waals surface area contributed by atoms with Gasteiger partial charge in [-0.2, -0.15) is 5.10 Å². The van der Waals surface area contributed by atoms with E-state index in [4.69, 9.17) is 9.47 Å². The van der Waals surface area contributed by atoms with Gasteiger partial charge in [0, 0.05) is 75.0 Å². The molecule has 1 saturated carbocycles. The van der Waals surface area contributed by atoms with E-state index in [0.29, 0.717) is 42.8 Å². The van der Waals surface area contributed by atoms with Gasteiger partial charge < -0.3 is 29.2 Å². The fourth-order valence-electron chi connectivity index (χ4n) is 6.16. The van der Waals surface area contributed by atoms with Crippen LogP contribution in [0.25, 0.3) is 22.0 Å². The third kappa shape index (κ3) is 7.63. The Morgan fingerprint density at radius 1 is 0.959 bits per heavy atom. The van der Waals surface area contributed by atoms with Crippen LogP contribution in [0.2, 0.25) is 0 Å². The summed E-state index contributed by atoms with van der Waals surface area (Å²) in [5.74, 6) is 0.197. The highest BCUT2D eigenvalue weighted by Gasteiger charge is 2.29. The third-order valence-electron chi connectivity index (χ3n) is 8.76. The molecule has 3 heterocycles. The normalized spacial score (nSPS) is 14.6. The van der Waals surface area contributed by atoms with Crippen LogP contribution < -0.4 is 31.2 Å². The van der Waals surface area contributed by atoms with Gasteiger partial charge in [-0.25, -0.2) is 0 Å². The Morgan fingerprint density at radius 3 is 2.37 bits per heavy atom. The number of pyridine rings is 2. The number of nitrogens with zero attached hydrogens (tertiary/aromatic N) is 4. The molecule has 1 fully saturated rings. The number of Topliss-reactive ketones (excluding diaryl/α,β-unsaturated/α-hetero) is 2. The van der Waals surface area contributed by atoms with E-state index in [0.717, 1.165) is 22.1 Å². The maximum atomic E-state index is 12.7. The Hall–Kier alpha value is -5.53. The Bertz CT molecular complexity index is 2020. The maximum absolute atomic E-state index is 12.7. The summed E-state index contributed by atoms with van der Waals surface area (Å²) < 4.78 is 15.8. The largest absolute Gasteiger partial charge is 0.496 e. The topological polar surface area (TPSA) is 173 Å². The number of nitrogens with one attached hydrogen (secondary N) is 2. The van der Waals surface area contributed by atoms with Crippen LogP contribution in [-0.4, -0.2) is 69.6 Å². The Labute approximate surface area is 282 Å². The number of carbonyl (C=O) groups excluding carboxylic acids is 4. The van der Waals surface area contributed by atoms with Crippen molar-refractivity contribution >= 4 is 34.3 Å². The molecule has 0 aliphatic heterocycles. The molecule has 0 radical (unpaired) electrons. The molecule has 5 rings (SSSR count). The van der Waals surface area contributed by atoms with E-state index in [-0.39, 0.29) is 60.8 Å². The van der Waals surface area contributed by atoms with E-state index >= 15 is 0 Å². The van der Waals surface area contributed by atoms with Crippen molar-refractivity contribution in [3.8, 4) is 22.6 Å². The van der Waals surface area contributed by atoms with E-state index in [1.54, 1.807) is 45.4 Å². The summed E-state index contributed by atoms with van der Waals surface area (Å²) >= 11 is 0. The molecule has 3 aromatic heterocycles. The smallest absolute Gasteiger partial charge is 0.276 e. The number of hydrogen-bond acceptors (Lipinski definition) is 9. The molecule has 4 aromatic rings. The molecule has 2 N–H and O–H groups in total. The van der Waals surface area contributed by atoms with Gasteiger partial charge in [-0.3, -0.25) is 33.4 Å². The van der Waals surface area contributed by atoms with Gasteiger partial charge in [-0.05, 0) is 49.4 Å². The highest BCUT2D eigenvalue weighted by atomic mass is 16.5. The average Bonchev–Trinajstić information content (AvgIpc) is 3.47. The molecule has 1 aliphatic rings. The van der Waals surface area contributed by atoms with E-state index in [1.807, 2.05) is 12.1 Å². The number of ether oxygens (including phenoxy) is 2. The first-order valence-corrected chi connectivity index (χ1v) is 16.1. The Morgan fingerprint density at radius 2 is 1.67 bits per heavy atom. The summed E-state index contributed by atoms with van der Waals surface area (Å²) in [6.45, 7) is 0.643. The van der Waals surface area contributed by atoms with Crippen molar-refractivity contribution in [2.45, 2.75) is 51.0 Å². The number of benzene rings is 1. The summed E-state index contributed by atoms with van der Waals surface area (Å²) in [6, 6.07) is 5.68. The van der Waals surface area contributed by atoms with Crippen LogP contribution in [0.3, 0.4) is 0 Å². The van der Waals surface area contributed by atoms with Crippen LogP contribution >= 0.6 is 0 Å². The molecule has 49 heavy (non-hydrogen) atoms. The zero-order valence-corrected chi connectivity index (χ0v) is 28.0. The first kappa shape index (κ1) is 34.8. The van der Waals surface area contributed by atoms with Gasteiger partial charge in [0.15, 0.2) is 5.78 Å². The highest BCUT2D eigenvalue weighted by molar-refractivity contribution is 6.03. The zero-order chi connectivity index (χ0) is 35.2. The molecule has 2 amide bonds. The van der Waals surface area contributed by atoms with E-state index in [2.05, 4.69) is 15.7 Å². The first-order chi connectivity index (χ1) is 23.5. The lowest BCUT2D eigenvalue weighted by Gasteiger charge is -2.22. The van der Waals surface area contributed by atoms with Crippen LogP contribution in [0.5, 0.6) is 11.5 Å². The molecule has 1 unspecified atom stereocenters. The maximum Gasteiger partial charge on any atom is 0.276 e. The van der Waals surface area contributed by atoms with E-state index in [9.17, 15) is 28.8 Å². The fourth-order valence-corrected chi connectivity index (χ4v) is 6.16. The van der Waals surface area contributed by atoms with Gasteiger partial charge in [0.1, 0.15) is 22.8 Å². The van der Waals surface area contributed by atoms with Crippen LogP contribution in [0.1, 0.15) is 60.5 Å². The summed E-state index contributed by atoms with van der Waals surface area (Å²) in [7, 11) is 6.58. The van der Waals surface area contributed by atoms with Crippen molar-refractivity contribution in [3.63, 3.8) is 0 Å². The van der Waals surface area contributed by atoms with Gasteiger partial charge in [0.2, 0.25) is 5.91 Å². The van der Waals surface area contributed by atoms with Crippen LogP contribution in [0.15, 0.2) is 52.4 Å². The Balaban J connectivity index is 1.11. The van der Waals surface area contributed by atoms with E-state index < -0.39 is 17.5 Å².